The average molecular weight is 166 g/mol. The minimum absolute atomic E-state index is 0.133. The van der Waals surface area contributed by atoms with Gasteiger partial charge in [0.2, 0.25) is 17.8 Å². The van der Waals surface area contributed by atoms with Gasteiger partial charge in [-0.15, -0.1) is 10.2 Å². The standard InChI is InChI=1S/C6H6N4O2/c1-3-8-9-6-7-4(11)2-5(12)10(3)6/h2H2,1H3,(H,7,9,11). The highest BCUT2D eigenvalue weighted by Crippen LogP contribution is 2.12. The summed E-state index contributed by atoms with van der Waals surface area (Å²) < 4.78 is 1.29. The van der Waals surface area contributed by atoms with Gasteiger partial charge in [-0.3, -0.25) is 14.9 Å². The Balaban J connectivity index is 2.57. The van der Waals surface area contributed by atoms with Gasteiger partial charge in [0.15, 0.2) is 0 Å². The highest BCUT2D eigenvalue weighted by Gasteiger charge is 2.25. The lowest BCUT2D eigenvalue weighted by molar-refractivity contribution is -0.115. The molecule has 0 radical (unpaired) electrons. The van der Waals surface area contributed by atoms with Crippen LogP contribution in [0.4, 0.5) is 5.95 Å². The first-order valence-corrected chi connectivity index (χ1v) is 3.43. The van der Waals surface area contributed by atoms with Crippen molar-refractivity contribution < 1.29 is 9.59 Å². The van der Waals surface area contributed by atoms with E-state index in [0.29, 0.717) is 5.82 Å². The molecule has 0 bridgehead atoms. The number of hydrogen-bond acceptors (Lipinski definition) is 4. The zero-order valence-corrected chi connectivity index (χ0v) is 6.37. The third-order valence-corrected chi connectivity index (χ3v) is 1.64. The summed E-state index contributed by atoms with van der Waals surface area (Å²) in [5.41, 5.74) is 0. The van der Waals surface area contributed by atoms with Crippen molar-refractivity contribution in [3.8, 4) is 0 Å². The van der Waals surface area contributed by atoms with Gasteiger partial charge in [0.1, 0.15) is 12.2 Å². The average Bonchev–Trinajstić information content (AvgIpc) is 2.31. The first-order valence-electron chi connectivity index (χ1n) is 3.43. The monoisotopic (exact) mass is 166 g/mol. The molecule has 0 fully saturated rings. The van der Waals surface area contributed by atoms with Crippen LogP contribution >= 0.6 is 0 Å². The van der Waals surface area contributed by atoms with E-state index in [0.717, 1.165) is 0 Å². The number of nitrogens with one attached hydrogen (secondary N) is 1. The normalized spacial score (nSPS) is 15.8. The van der Waals surface area contributed by atoms with Crippen molar-refractivity contribution in [1.29, 1.82) is 0 Å². The van der Waals surface area contributed by atoms with Crippen LogP contribution in [0.2, 0.25) is 0 Å². The van der Waals surface area contributed by atoms with Crippen molar-refractivity contribution in [2.45, 2.75) is 13.3 Å². The molecule has 1 aliphatic rings. The van der Waals surface area contributed by atoms with Crippen LogP contribution in [0.5, 0.6) is 0 Å². The van der Waals surface area contributed by atoms with Crippen LogP contribution in [0.3, 0.4) is 0 Å². The van der Waals surface area contributed by atoms with Crippen LogP contribution in [0.25, 0.3) is 0 Å². The molecule has 0 unspecified atom stereocenters. The maximum atomic E-state index is 11.2. The van der Waals surface area contributed by atoms with Crippen LogP contribution in [0, 0.1) is 6.92 Å². The first kappa shape index (κ1) is 6.96. The van der Waals surface area contributed by atoms with Crippen LogP contribution in [-0.2, 0) is 4.79 Å². The summed E-state index contributed by atoms with van der Waals surface area (Å²) in [6, 6.07) is 0. The Kier molecular flexibility index (Phi) is 1.24. The van der Waals surface area contributed by atoms with Crippen molar-refractivity contribution in [2.75, 3.05) is 5.32 Å². The number of aryl methyl sites for hydroxylation is 1. The Bertz CT molecular complexity index is 368. The molecule has 0 aromatic carbocycles. The molecule has 0 spiro atoms. The minimum atomic E-state index is -0.333. The SMILES string of the molecule is Cc1nnc2n1C(=O)CC(=O)N2. The number of amides is 1. The topological polar surface area (TPSA) is 76.9 Å². The van der Waals surface area contributed by atoms with Gasteiger partial charge < -0.3 is 0 Å². The highest BCUT2D eigenvalue weighted by atomic mass is 16.2. The van der Waals surface area contributed by atoms with Gasteiger partial charge in [-0.1, -0.05) is 0 Å². The Morgan fingerprint density at radius 2 is 2.17 bits per heavy atom. The van der Waals surface area contributed by atoms with Gasteiger partial charge in [0, 0.05) is 0 Å². The zero-order valence-electron chi connectivity index (χ0n) is 6.37. The maximum Gasteiger partial charge on any atom is 0.244 e. The summed E-state index contributed by atoms with van der Waals surface area (Å²) in [5.74, 6) is 0.0971. The molecule has 0 atom stereocenters. The summed E-state index contributed by atoms with van der Waals surface area (Å²) in [6.45, 7) is 1.66. The van der Waals surface area contributed by atoms with Gasteiger partial charge in [-0.2, -0.15) is 0 Å². The van der Waals surface area contributed by atoms with Crippen molar-refractivity contribution in [2.24, 2.45) is 0 Å². The van der Waals surface area contributed by atoms with Crippen LogP contribution in [0.15, 0.2) is 0 Å². The molecule has 6 heteroatoms. The van der Waals surface area contributed by atoms with Crippen LogP contribution in [-0.4, -0.2) is 26.6 Å². The van der Waals surface area contributed by atoms with E-state index in [9.17, 15) is 9.59 Å². The van der Waals surface area contributed by atoms with E-state index in [4.69, 9.17) is 0 Å². The zero-order chi connectivity index (χ0) is 8.72. The van der Waals surface area contributed by atoms with Crippen molar-refractivity contribution in [1.82, 2.24) is 14.8 Å². The molecule has 1 aliphatic heterocycles. The van der Waals surface area contributed by atoms with E-state index in [2.05, 4.69) is 15.5 Å². The number of nitrogens with zero attached hydrogens (tertiary/aromatic N) is 3. The predicted octanol–water partition coefficient (Wildman–Crippen LogP) is -0.431. The second kappa shape index (κ2) is 2.13. The summed E-state index contributed by atoms with van der Waals surface area (Å²) in [6.07, 6.45) is -0.133. The fourth-order valence-electron chi connectivity index (χ4n) is 1.13. The lowest BCUT2D eigenvalue weighted by Crippen LogP contribution is -2.29. The van der Waals surface area contributed by atoms with Crippen LogP contribution in [0.1, 0.15) is 17.0 Å². The molecule has 2 heterocycles. The summed E-state index contributed by atoms with van der Waals surface area (Å²) in [7, 11) is 0. The molecule has 0 saturated carbocycles. The lowest BCUT2D eigenvalue weighted by atomic mass is 10.3. The molecule has 1 amide bonds. The van der Waals surface area contributed by atoms with Crippen molar-refractivity contribution in [3.05, 3.63) is 5.82 Å². The van der Waals surface area contributed by atoms with Crippen molar-refractivity contribution >= 4 is 17.8 Å². The molecule has 1 aromatic rings. The first-order chi connectivity index (χ1) is 5.68. The number of rotatable bonds is 0. The van der Waals surface area contributed by atoms with E-state index in [1.54, 1.807) is 6.92 Å². The molecular formula is C6H6N4O2. The molecule has 6 nitrogen and oxygen atoms in total. The number of anilines is 1. The third kappa shape index (κ3) is 0.810. The fourth-order valence-corrected chi connectivity index (χ4v) is 1.13. The Hall–Kier alpha value is -1.72. The second-order valence-electron chi connectivity index (χ2n) is 2.52. The van der Waals surface area contributed by atoms with E-state index in [-0.39, 0.29) is 24.2 Å². The van der Waals surface area contributed by atoms with Gasteiger partial charge in [-0.05, 0) is 6.92 Å². The quantitative estimate of drug-likeness (QED) is 0.530. The van der Waals surface area contributed by atoms with Gasteiger partial charge >= 0.3 is 0 Å². The minimum Gasteiger partial charge on any atom is -0.294 e. The number of aromatic nitrogens is 3. The van der Waals surface area contributed by atoms with E-state index in [1.165, 1.54) is 4.57 Å². The highest BCUT2D eigenvalue weighted by molar-refractivity contribution is 6.08. The molecule has 0 aliphatic carbocycles. The van der Waals surface area contributed by atoms with Gasteiger partial charge in [0.05, 0.1) is 0 Å². The predicted molar refractivity (Wildman–Crippen MR) is 38.6 cm³/mol. The summed E-state index contributed by atoms with van der Waals surface area (Å²) in [5, 5.41) is 9.72. The molecule has 62 valence electrons. The largest absolute Gasteiger partial charge is 0.294 e. The van der Waals surface area contributed by atoms with Gasteiger partial charge in [-0.25, -0.2) is 4.57 Å². The second-order valence-corrected chi connectivity index (χ2v) is 2.52. The van der Waals surface area contributed by atoms with Gasteiger partial charge in [0.25, 0.3) is 0 Å². The number of carbonyl (C=O) groups is 2. The Labute approximate surface area is 67.6 Å². The van der Waals surface area contributed by atoms with E-state index < -0.39 is 0 Å². The third-order valence-electron chi connectivity index (χ3n) is 1.64. The smallest absolute Gasteiger partial charge is 0.244 e. The maximum absolute atomic E-state index is 11.2. The van der Waals surface area contributed by atoms with E-state index in [1.807, 2.05) is 0 Å². The lowest BCUT2D eigenvalue weighted by Gasteiger charge is -2.12. The number of carbonyl (C=O) groups excluding carboxylic acids is 2. The molecule has 2 rings (SSSR count). The summed E-state index contributed by atoms with van der Waals surface area (Å²) in [4.78, 5) is 22.0. The molecule has 0 saturated heterocycles. The molecule has 1 aromatic heterocycles. The van der Waals surface area contributed by atoms with Crippen molar-refractivity contribution in [3.63, 3.8) is 0 Å². The van der Waals surface area contributed by atoms with E-state index >= 15 is 0 Å². The fraction of sp³-hybridized carbons (Fsp3) is 0.333. The molecular weight excluding hydrogens is 160 g/mol. The molecule has 12 heavy (non-hydrogen) atoms. The Morgan fingerprint density at radius 3 is 2.92 bits per heavy atom. The Morgan fingerprint density at radius 1 is 1.42 bits per heavy atom. The molecule has 1 N–H and O–H groups in total. The summed E-state index contributed by atoms with van der Waals surface area (Å²) >= 11 is 0. The van der Waals surface area contributed by atoms with Crippen LogP contribution < -0.4 is 5.32 Å². The number of fused-ring (bicyclic) bond motifs is 1. The number of hydrogen-bond donors (Lipinski definition) is 1.